The first-order valence-corrected chi connectivity index (χ1v) is 5.67. The molecular weight excluding hydrogens is 272 g/mol. The van der Waals surface area contributed by atoms with Gasteiger partial charge in [-0.25, -0.2) is 4.79 Å². The van der Waals surface area contributed by atoms with Gasteiger partial charge in [-0.05, 0) is 24.3 Å². The van der Waals surface area contributed by atoms with E-state index in [1.807, 2.05) is 0 Å². The third-order valence-corrected chi connectivity index (χ3v) is 2.72. The minimum atomic E-state index is -1.09. The van der Waals surface area contributed by atoms with Crippen molar-refractivity contribution in [2.24, 2.45) is 0 Å². The van der Waals surface area contributed by atoms with Crippen molar-refractivity contribution in [3.8, 4) is 5.75 Å². The maximum atomic E-state index is 10.9. The number of carbonyl (C=O) groups is 2. The molecule has 19 heavy (non-hydrogen) atoms. The van der Waals surface area contributed by atoms with Crippen LogP contribution in [0.15, 0.2) is 34.9 Å². The average Bonchev–Trinajstić information content (AvgIpc) is 2.85. The Morgan fingerprint density at radius 2 is 2.21 bits per heavy atom. The first-order valence-electron chi connectivity index (χ1n) is 5.29. The van der Waals surface area contributed by atoms with Gasteiger partial charge in [0, 0.05) is 5.56 Å². The third-order valence-electron chi connectivity index (χ3n) is 2.43. The van der Waals surface area contributed by atoms with Gasteiger partial charge in [0.05, 0.1) is 11.3 Å². The summed E-state index contributed by atoms with van der Waals surface area (Å²) in [6, 6.07) is 5.89. The van der Waals surface area contributed by atoms with Crippen LogP contribution in [0.3, 0.4) is 0 Å². The van der Waals surface area contributed by atoms with Crippen molar-refractivity contribution in [2.45, 2.75) is 6.61 Å². The lowest BCUT2D eigenvalue weighted by Crippen LogP contribution is -2.02. The first-order chi connectivity index (χ1) is 9.11. The number of benzene rings is 1. The van der Waals surface area contributed by atoms with Gasteiger partial charge in [-0.1, -0.05) is 11.6 Å². The minimum absolute atomic E-state index is 0.0423. The summed E-state index contributed by atoms with van der Waals surface area (Å²) in [6.45, 7) is -0.0607. The standard InChI is InChI=1S/C13H9ClO5/c14-10-5-8(6-15)1-2-11(10)19-7-12-9(13(16)17)3-4-18-12/h1-6H,7H2,(H,16,17). The number of furan rings is 1. The zero-order valence-electron chi connectivity index (χ0n) is 9.63. The van der Waals surface area contributed by atoms with Crippen molar-refractivity contribution >= 4 is 23.9 Å². The molecule has 0 spiro atoms. The zero-order valence-corrected chi connectivity index (χ0v) is 10.4. The highest BCUT2D eigenvalue weighted by atomic mass is 35.5. The highest BCUT2D eigenvalue weighted by Crippen LogP contribution is 2.26. The molecule has 2 aromatic rings. The summed E-state index contributed by atoms with van der Waals surface area (Å²) in [4.78, 5) is 21.4. The second kappa shape index (κ2) is 5.58. The zero-order chi connectivity index (χ0) is 13.8. The number of ether oxygens (including phenoxy) is 1. The summed E-state index contributed by atoms with van der Waals surface area (Å²) >= 11 is 5.92. The van der Waals surface area contributed by atoms with Gasteiger partial charge in [0.25, 0.3) is 0 Å². The molecular formula is C13H9ClO5. The predicted octanol–water partition coefficient (Wildman–Crippen LogP) is 3.02. The molecule has 1 N–H and O–H groups in total. The molecule has 0 saturated carbocycles. The maximum Gasteiger partial charge on any atom is 0.339 e. The van der Waals surface area contributed by atoms with E-state index in [2.05, 4.69) is 0 Å². The molecule has 1 aromatic carbocycles. The van der Waals surface area contributed by atoms with Gasteiger partial charge >= 0.3 is 5.97 Å². The topological polar surface area (TPSA) is 76.7 Å². The molecule has 2 rings (SSSR count). The van der Waals surface area contributed by atoms with E-state index in [0.717, 1.165) is 0 Å². The van der Waals surface area contributed by atoms with E-state index in [4.69, 9.17) is 25.9 Å². The number of hydrogen-bond donors (Lipinski definition) is 1. The highest BCUT2D eigenvalue weighted by molar-refractivity contribution is 6.32. The lowest BCUT2D eigenvalue weighted by molar-refractivity contribution is 0.0691. The minimum Gasteiger partial charge on any atom is -0.484 e. The first kappa shape index (κ1) is 13.2. The van der Waals surface area contributed by atoms with Gasteiger partial charge in [-0.15, -0.1) is 0 Å². The Kier molecular flexibility index (Phi) is 3.87. The quantitative estimate of drug-likeness (QED) is 0.852. The summed E-state index contributed by atoms with van der Waals surface area (Å²) in [5.74, 6) is -0.544. The van der Waals surface area contributed by atoms with E-state index in [0.29, 0.717) is 17.6 Å². The van der Waals surface area contributed by atoms with E-state index >= 15 is 0 Å². The second-order valence-electron chi connectivity index (χ2n) is 3.66. The molecule has 0 aliphatic carbocycles. The summed E-state index contributed by atoms with van der Waals surface area (Å²) in [7, 11) is 0. The van der Waals surface area contributed by atoms with Gasteiger partial charge in [-0.2, -0.15) is 0 Å². The Morgan fingerprint density at radius 3 is 2.84 bits per heavy atom. The fraction of sp³-hybridized carbons (Fsp3) is 0.0769. The molecule has 0 aliphatic heterocycles. The van der Waals surface area contributed by atoms with Gasteiger partial charge in [-0.3, -0.25) is 4.79 Å². The predicted molar refractivity (Wildman–Crippen MR) is 66.8 cm³/mol. The summed E-state index contributed by atoms with van der Waals surface area (Å²) in [5.41, 5.74) is 0.474. The average molecular weight is 281 g/mol. The van der Waals surface area contributed by atoms with Crippen molar-refractivity contribution < 1.29 is 23.8 Å². The van der Waals surface area contributed by atoms with E-state index in [9.17, 15) is 9.59 Å². The molecule has 0 unspecified atom stereocenters. The van der Waals surface area contributed by atoms with Crippen LogP contribution >= 0.6 is 11.6 Å². The molecule has 0 amide bonds. The van der Waals surface area contributed by atoms with Crippen molar-refractivity contribution in [1.29, 1.82) is 0 Å². The molecule has 1 aromatic heterocycles. The smallest absolute Gasteiger partial charge is 0.339 e. The molecule has 0 bridgehead atoms. The van der Waals surface area contributed by atoms with E-state index in [1.54, 1.807) is 6.07 Å². The fourth-order valence-electron chi connectivity index (χ4n) is 1.49. The molecule has 0 radical (unpaired) electrons. The fourth-order valence-corrected chi connectivity index (χ4v) is 1.74. The highest BCUT2D eigenvalue weighted by Gasteiger charge is 2.14. The van der Waals surface area contributed by atoms with Crippen LogP contribution in [0.4, 0.5) is 0 Å². The van der Waals surface area contributed by atoms with Crippen LogP contribution in [0.2, 0.25) is 5.02 Å². The molecule has 0 aliphatic rings. The molecule has 0 atom stereocenters. The number of aromatic carboxylic acids is 1. The molecule has 5 nitrogen and oxygen atoms in total. The summed E-state index contributed by atoms with van der Waals surface area (Å²) in [5, 5.41) is 9.17. The number of aldehydes is 1. The van der Waals surface area contributed by atoms with Gasteiger partial charge in [0.2, 0.25) is 0 Å². The van der Waals surface area contributed by atoms with Crippen LogP contribution in [-0.2, 0) is 6.61 Å². The van der Waals surface area contributed by atoms with Crippen LogP contribution in [0, 0.1) is 0 Å². The molecule has 98 valence electrons. The maximum absolute atomic E-state index is 10.9. The SMILES string of the molecule is O=Cc1ccc(OCc2occc2C(=O)O)c(Cl)c1. The number of carbonyl (C=O) groups excluding carboxylic acids is 1. The van der Waals surface area contributed by atoms with Crippen LogP contribution in [0.5, 0.6) is 5.75 Å². The lowest BCUT2D eigenvalue weighted by atomic mass is 10.2. The summed E-state index contributed by atoms with van der Waals surface area (Å²) in [6.07, 6.45) is 1.95. The van der Waals surface area contributed by atoms with Crippen LogP contribution in [0.25, 0.3) is 0 Å². The molecule has 6 heteroatoms. The number of carboxylic acid groups (broad SMARTS) is 1. The van der Waals surface area contributed by atoms with E-state index in [-0.39, 0.29) is 23.0 Å². The van der Waals surface area contributed by atoms with Crippen molar-refractivity contribution in [3.05, 3.63) is 52.4 Å². The summed E-state index contributed by atoms with van der Waals surface area (Å²) < 4.78 is 10.4. The van der Waals surface area contributed by atoms with Crippen molar-refractivity contribution in [2.75, 3.05) is 0 Å². The third kappa shape index (κ3) is 2.95. The van der Waals surface area contributed by atoms with Crippen molar-refractivity contribution in [3.63, 3.8) is 0 Å². The molecule has 0 fully saturated rings. The van der Waals surface area contributed by atoms with Crippen molar-refractivity contribution in [1.82, 2.24) is 0 Å². The second-order valence-corrected chi connectivity index (χ2v) is 4.07. The van der Waals surface area contributed by atoms with Crippen LogP contribution in [-0.4, -0.2) is 17.4 Å². The molecule has 1 heterocycles. The van der Waals surface area contributed by atoms with Gasteiger partial charge in [0.1, 0.15) is 24.2 Å². The van der Waals surface area contributed by atoms with E-state index < -0.39 is 5.97 Å². The molecule has 0 saturated heterocycles. The number of carboxylic acids is 1. The lowest BCUT2D eigenvalue weighted by Gasteiger charge is -2.07. The Hall–Kier alpha value is -2.27. The van der Waals surface area contributed by atoms with E-state index in [1.165, 1.54) is 24.5 Å². The van der Waals surface area contributed by atoms with Gasteiger partial charge < -0.3 is 14.3 Å². The number of rotatable bonds is 5. The Balaban J connectivity index is 2.12. The Bertz CT molecular complexity index is 617. The normalized spacial score (nSPS) is 10.2. The van der Waals surface area contributed by atoms with Crippen LogP contribution in [0.1, 0.15) is 26.5 Å². The number of hydrogen-bond acceptors (Lipinski definition) is 4. The Labute approximate surface area is 113 Å². The van der Waals surface area contributed by atoms with Gasteiger partial charge in [0.15, 0.2) is 5.76 Å². The van der Waals surface area contributed by atoms with Crippen LogP contribution < -0.4 is 4.74 Å². The number of halogens is 1. The monoisotopic (exact) mass is 280 g/mol. The largest absolute Gasteiger partial charge is 0.484 e. The Morgan fingerprint density at radius 1 is 1.42 bits per heavy atom.